The fourth-order valence-electron chi connectivity index (χ4n) is 2.28. The molecule has 4 heteroatoms. The average Bonchev–Trinajstić information content (AvgIpc) is 2.85. The molecule has 0 radical (unpaired) electrons. The molecule has 1 nitrogen and oxygen atoms in total. The maximum absolute atomic E-state index is 4.94. The van der Waals surface area contributed by atoms with Crippen molar-refractivity contribution in [2.45, 2.75) is 19.6 Å². The molecule has 0 fully saturated rings. The predicted octanol–water partition coefficient (Wildman–Crippen LogP) is 5.46. The molecule has 112 valence electrons. The fourth-order valence-corrected chi connectivity index (χ4v) is 8.27. The summed E-state index contributed by atoms with van der Waals surface area (Å²) >= 11 is 2.89. The van der Waals surface area contributed by atoms with Gasteiger partial charge in [-0.2, -0.15) is 0 Å². The van der Waals surface area contributed by atoms with Crippen LogP contribution in [0.25, 0.3) is 4.47 Å². The SMILES string of the molecule is C[Si](C)(C)/C(I)=C1/[Se]C(=Nc2ccccc2)c2ccccc21. The van der Waals surface area contributed by atoms with E-state index in [1.54, 1.807) is 7.67 Å². The molecule has 2 aromatic carbocycles. The van der Waals surface area contributed by atoms with Gasteiger partial charge in [-0.1, -0.05) is 0 Å². The molecule has 1 heterocycles. The zero-order chi connectivity index (χ0) is 15.7. The van der Waals surface area contributed by atoms with Crippen molar-refractivity contribution < 1.29 is 0 Å². The molecule has 22 heavy (non-hydrogen) atoms. The van der Waals surface area contributed by atoms with Crippen molar-refractivity contribution in [1.29, 1.82) is 0 Å². The van der Waals surface area contributed by atoms with E-state index in [1.807, 2.05) is 6.07 Å². The Hall–Kier alpha value is -0.684. The van der Waals surface area contributed by atoms with Gasteiger partial charge >= 0.3 is 154 Å². The second-order valence-electron chi connectivity index (χ2n) is 6.29. The Kier molecular flexibility index (Phi) is 4.74. The molecule has 0 spiro atoms. The number of fused-ring (bicyclic) bond motifs is 1. The second kappa shape index (κ2) is 6.44. The van der Waals surface area contributed by atoms with Crippen LogP contribution in [0.5, 0.6) is 0 Å². The molecule has 2 aromatic rings. The number of para-hydroxylation sites is 1. The molecule has 0 atom stereocenters. The molecular formula is C18H18INSeSi. The molecule has 0 N–H and O–H groups in total. The van der Waals surface area contributed by atoms with Crippen molar-refractivity contribution in [3.8, 4) is 0 Å². The van der Waals surface area contributed by atoms with Crippen molar-refractivity contribution in [3.63, 3.8) is 0 Å². The first-order valence-electron chi connectivity index (χ1n) is 7.28. The van der Waals surface area contributed by atoms with Gasteiger partial charge in [0.05, 0.1) is 0 Å². The molecule has 0 bridgehead atoms. The third-order valence-electron chi connectivity index (χ3n) is 3.45. The Bertz CT molecular complexity index is 760. The van der Waals surface area contributed by atoms with Crippen LogP contribution in [0.2, 0.25) is 19.6 Å². The number of halogens is 1. The van der Waals surface area contributed by atoms with Crippen LogP contribution in [0.15, 0.2) is 62.8 Å². The number of benzene rings is 2. The van der Waals surface area contributed by atoms with Crippen LogP contribution >= 0.6 is 22.6 Å². The summed E-state index contributed by atoms with van der Waals surface area (Å²) in [4.78, 5) is 4.94. The summed E-state index contributed by atoms with van der Waals surface area (Å²) in [5.41, 5.74) is 3.79. The Labute approximate surface area is 153 Å². The maximum atomic E-state index is 4.94. The summed E-state index contributed by atoms with van der Waals surface area (Å²) in [5.74, 6) is 0. The van der Waals surface area contributed by atoms with Crippen LogP contribution in [-0.4, -0.2) is 27.6 Å². The van der Waals surface area contributed by atoms with Crippen LogP contribution in [0.4, 0.5) is 5.69 Å². The monoisotopic (exact) mass is 483 g/mol. The summed E-state index contributed by atoms with van der Waals surface area (Å²) in [6.45, 7) is 7.27. The van der Waals surface area contributed by atoms with E-state index in [4.69, 9.17) is 4.99 Å². The molecule has 1 aliphatic rings. The van der Waals surface area contributed by atoms with E-state index >= 15 is 0 Å². The van der Waals surface area contributed by atoms with E-state index in [0.717, 1.165) is 5.69 Å². The van der Waals surface area contributed by atoms with Crippen molar-refractivity contribution >= 4 is 60.4 Å². The number of hydrogen-bond donors (Lipinski definition) is 0. The normalized spacial score (nSPS) is 18.5. The van der Waals surface area contributed by atoms with Gasteiger partial charge in [0.2, 0.25) is 0 Å². The molecule has 3 rings (SSSR count). The summed E-state index contributed by atoms with van der Waals surface area (Å²) < 4.78 is 4.41. The van der Waals surface area contributed by atoms with E-state index < -0.39 is 8.07 Å². The van der Waals surface area contributed by atoms with Gasteiger partial charge in [0.15, 0.2) is 0 Å². The third-order valence-corrected chi connectivity index (χ3v) is 14.0. The zero-order valence-electron chi connectivity index (χ0n) is 12.9. The van der Waals surface area contributed by atoms with E-state index in [9.17, 15) is 0 Å². The molecule has 1 aliphatic heterocycles. The second-order valence-corrected chi connectivity index (χ2v) is 15.5. The Balaban J connectivity index is 2.13. The molecule has 0 aromatic heterocycles. The van der Waals surface area contributed by atoms with Crippen LogP contribution in [-0.2, 0) is 0 Å². The first kappa shape index (κ1) is 16.2. The first-order chi connectivity index (χ1) is 10.5. The third kappa shape index (κ3) is 3.30. The Morgan fingerprint density at radius 3 is 2.14 bits per heavy atom. The minimum atomic E-state index is -1.29. The Morgan fingerprint density at radius 1 is 0.909 bits per heavy atom. The topological polar surface area (TPSA) is 12.4 Å². The summed E-state index contributed by atoms with van der Waals surface area (Å²) in [5, 5.41) is 0. The van der Waals surface area contributed by atoms with Gasteiger partial charge < -0.3 is 0 Å². The van der Waals surface area contributed by atoms with Crippen molar-refractivity contribution in [2.75, 3.05) is 0 Å². The van der Waals surface area contributed by atoms with Crippen LogP contribution in [0.3, 0.4) is 0 Å². The number of nitrogens with zero attached hydrogens (tertiary/aromatic N) is 1. The van der Waals surface area contributed by atoms with Gasteiger partial charge in [0.1, 0.15) is 0 Å². The molecule has 0 saturated carbocycles. The molecule has 0 unspecified atom stereocenters. The van der Waals surface area contributed by atoms with Gasteiger partial charge in [0.25, 0.3) is 0 Å². The first-order valence-corrected chi connectivity index (χ1v) is 13.6. The number of aliphatic imine (C=N–C) groups is 1. The van der Waals surface area contributed by atoms with Crippen LogP contribution in [0, 0.1) is 0 Å². The van der Waals surface area contributed by atoms with Crippen molar-refractivity contribution in [2.24, 2.45) is 4.99 Å². The number of hydrogen-bond acceptors (Lipinski definition) is 1. The fraction of sp³-hybridized carbons (Fsp3) is 0.167. The summed E-state index contributed by atoms with van der Waals surface area (Å²) in [7, 11) is -1.29. The summed E-state index contributed by atoms with van der Waals surface area (Å²) in [6.07, 6.45) is 0. The van der Waals surface area contributed by atoms with Gasteiger partial charge in [-0.3, -0.25) is 0 Å². The van der Waals surface area contributed by atoms with E-state index in [1.165, 1.54) is 15.7 Å². The standard InChI is InChI=1S/C18H18INSeSi/c1-22(2,3)17(19)16-14-11-7-8-12-15(14)18(21-16)20-13-9-5-4-6-10-13/h4-12H,1-3H3/b17-16+,20-18?. The van der Waals surface area contributed by atoms with E-state index in [-0.39, 0.29) is 0 Å². The van der Waals surface area contributed by atoms with Crippen molar-refractivity contribution in [1.82, 2.24) is 0 Å². The van der Waals surface area contributed by atoms with Crippen LogP contribution in [0.1, 0.15) is 11.1 Å². The molecule has 0 aliphatic carbocycles. The Morgan fingerprint density at radius 2 is 1.50 bits per heavy atom. The average molecular weight is 482 g/mol. The predicted molar refractivity (Wildman–Crippen MR) is 109 cm³/mol. The number of rotatable bonds is 2. The van der Waals surface area contributed by atoms with Crippen LogP contribution < -0.4 is 0 Å². The van der Waals surface area contributed by atoms with Gasteiger partial charge in [-0.15, -0.1) is 0 Å². The van der Waals surface area contributed by atoms with Crippen molar-refractivity contribution in [3.05, 3.63) is 68.9 Å². The van der Waals surface area contributed by atoms with E-state index in [0.29, 0.717) is 15.0 Å². The van der Waals surface area contributed by atoms with E-state index in [2.05, 4.69) is 90.8 Å². The zero-order valence-corrected chi connectivity index (χ0v) is 17.8. The van der Waals surface area contributed by atoms with Gasteiger partial charge in [0, 0.05) is 0 Å². The van der Waals surface area contributed by atoms with Gasteiger partial charge in [-0.05, 0) is 0 Å². The van der Waals surface area contributed by atoms with Gasteiger partial charge in [-0.25, -0.2) is 0 Å². The molecule has 0 saturated heterocycles. The minimum absolute atomic E-state index is 0.302. The quantitative estimate of drug-likeness (QED) is 0.398. The summed E-state index contributed by atoms with van der Waals surface area (Å²) in [6, 6.07) is 19.1. The molecular weight excluding hydrogens is 464 g/mol. The molecule has 0 amide bonds.